The molecule has 0 spiro atoms. The lowest BCUT2D eigenvalue weighted by Crippen LogP contribution is -2.39. The molecule has 8 nitrogen and oxygen atoms in total. The van der Waals surface area contributed by atoms with Crippen LogP contribution in [0.2, 0.25) is 0 Å². The molecule has 0 aromatic heterocycles. The second kappa shape index (κ2) is 7.58. The zero-order valence-corrected chi connectivity index (χ0v) is 12.8. The number of amides is 2. The Morgan fingerprint density at radius 3 is 2.62 bits per heavy atom. The average Bonchev–Trinajstić information content (AvgIpc) is 2.39. The number of nitrogens with zero attached hydrogens (tertiary/aromatic N) is 2. The fourth-order valence-corrected chi connectivity index (χ4v) is 2.06. The molecule has 0 aliphatic rings. The molecule has 0 unspecified atom stereocenters. The standard InChI is InChI=1S/C12H14BrN3O5/c1-2-5-15(7-11(17)18)12(19)14-10-4-3-8(16(20)21)6-9(10)13/h3-4,6H,2,5,7H2,1H3,(H,14,19)(H,17,18). The number of hydrogen-bond donors (Lipinski definition) is 2. The average molecular weight is 360 g/mol. The third-order valence-corrected chi connectivity index (χ3v) is 3.17. The van der Waals surface area contributed by atoms with Crippen LogP contribution in [0.3, 0.4) is 0 Å². The Morgan fingerprint density at radius 1 is 1.48 bits per heavy atom. The fourth-order valence-electron chi connectivity index (χ4n) is 1.60. The van der Waals surface area contributed by atoms with Gasteiger partial charge in [0.05, 0.1) is 10.6 Å². The van der Waals surface area contributed by atoms with Crippen LogP contribution in [-0.2, 0) is 4.79 Å². The summed E-state index contributed by atoms with van der Waals surface area (Å²) < 4.78 is 0.344. The van der Waals surface area contributed by atoms with Crippen molar-refractivity contribution in [2.75, 3.05) is 18.4 Å². The van der Waals surface area contributed by atoms with Crippen LogP contribution in [0.4, 0.5) is 16.2 Å². The topological polar surface area (TPSA) is 113 Å². The number of nitro benzene ring substituents is 1. The molecule has 0 fully saturated rings. The second-order valence-electron chi connectivity index (χ2n) is 4.17. The molecular weight excluding hydrogens is 346 g/mol. The predicted molar refractivity (Wildman–Crippen MR) is 79.3 cm³/mol. The molecule has 2 amide bonds. The zero-order valence-electron chi connectivity index (χ0n) is 11.2. The number of halogens is 1. The molecule has 0 heterocycles. The van der Waals surface area contributed by atoms with Gasteiger partial charge >= 0.3 is 12.0 Å². The monoisotopic (exact) mass is 359 g/mol. The molecule has 0 atom stereocenters. The number of carbonyl (C=O) groups excluding carboxylic acids is 1. The predicted octanol–water partition coefficient (Wildman–Crippen LogP) is 2.69. The second-order valence-corrected chi connectivity index (χ2v) is 5.02. The number of carboxylic acid groups (broad SMARTS) is 1. The molecule has 0 bridgehead atoms. The summed E-state index contributed by atoms with van der Waals surface area (Å²) in [5.74, 6) is -1.11. The SMILES string of the molecule is CCCN(CC(=O)O)C(=O)Nc1ccc([N+](=O)[O-])cc1Br. The highest BCUT2D eigenvalue weighted by Crippen LogP contribution is 2.27. The summed E-state index contributed by atoms with van der Waals surface area (Å²) in [7, 11) is 0. The van der Waals surface area contributed by atoms with Gasteiger partial charge in [0, 0.05) is 23.2 Å². The molecular formula is C12H14BrN3O5. The van der Waals surface area contributed by atoms with Crippen molar-refractivity contribution in [1.82, 2.24) is 4.90 Å². The van der Waals surface area contributed by atoms with Gasteiger partial charge in [-0.25, -0.2) is 4.79 Å². The van der Waals surface area contributed by atoms with Crippen molar-refractivity contribution in [3.05, 3.63) is 32.8 Å². The van der Waals surface area contributed by atoms with E-state index in [0.717, 1.165) is 4.90 Å². The molecule has 21 heavy (non-hydrogen) atoms. The highest BCUT2D eigenvalue weighted by molar-refractivity contribution is 9.10. The first-order valence-electron chi connectivity index (χ1n) is 6.06. The van der Waals surface area contributed by atoms with Crippen LogP contribution in [0, 0.1) is 10.1 Å². The van der Waals surface area contributed by atoms with Gasteiger partial charge in [0.2, 0.25) is 0 Å². The minimum atomic E-state index is -1.11. The van der Waals surface area contributed by atoms with Crippen LogP contribution in [0.1, 0.15) is 13.3 Å². The van der Waals surface area contributed by atoms with Crippen molar-refractivity contribution in [3.8, 4) is 0 Å². The first-order valence-corrected chi connectivity index (χ1v) is 6.86. The minimum absolute atomic E-state index is 0.115. The van der Waals surface area contributed by atoms with E-state index in [1.165, 1.54) is 18.2 Å². The molecule has 0 saturated heterocycles. The molecule has 0 saturated carbocycles. The number of carbonyl (C=O) groups is 2. The molecule has 1 aromatic rings. The van der Waals surface area contributed by atoms with E-state index in [0.29, 0.717) is 23.1 Å². The molecule has 9 heteroatoms. The van der Waals surface area contributed by atoms with Crippen LogP contribution in [-0.4, -0.2) is 40.0 Å². The van der Waals surface area contributed by atoms with Gasteiger partial charge in [-0.15, -0.1) is 0 Å². The summed E-state index contributed by atoms with van der Waals surface area (Å²) in [5.41, 5.74) is 0.216. The summed E-state index contributed by atoms with van der Waals surface area (Å²) in [5, 5.41) is 21.9. The first-order chi connectivity index (χ1) is 9.85. The van der Waals surface area contributed by atoms with Gasteiger partial charge in [-0.3, -0.25) is 14.9 Å². The number of nitro groups is 1. The summed E-state index contributed by atoms with van der Waals surface area (Å²) in [6.45, 7) is 1.71. The third-order valence-electron chi connectivity index (χ3n) is 2.51. The van der Waals surface area contributed by atoms with Crippen LogP contribution >= 0.6 is 15.9 Å². The van der Waals surface area contributed by atoms with E-state index >= 15 is 0 Å². The van der Waals surface area contributed by atoms with E-state index < -0.39 is 23.5 Å². The Hall–Kier alpha value is -2.16. The van der Waals surface area contributed by atoms with Crippen LogP contribution < -0.4 is 5.32 Å². The highest BCUT2D eigenvalue weighted by atomic mass is 79.9. The summed E-state index contributed by atoms with van der Waals surface area (Å²) >= 11 is 3.13. The van der Waals surface area contributed by atoms with Crippen molar-refractivity contribution >= 4 is 39.3 Å². The maximum absolute atomic E-state index is 12.0. The number of benzene rings is 1. The van der Waals surface area contributed by atoms with Crippen molar-refractivity contribution in [2.24, 2.45) is 0 Å². The van der Waals surface area contributed by atoms with Gasteiger partial charge in [-0.2, -0.15) is 0 Å². The van der Waals surface area contributed by atoms with E-state index in [9.17, 15) is 19.7 Å². The van der Waals surface area contributed by atoms with Crippen LogP contribution in [0.5, 0.6) is 0 Å². The molecule has 0 radical (unpaired) electrons. The van der Waals surface area contributed by atoms with Gasteiger partial charge in [-0.05, 0) is 28.4 Å². The van der Waals surface area contributed by atoms with Crippen LogP contribution in [0.25, 0.3) is 0 Å². The number of urea groups is 1. The van der Waals surface area contributed by atoms with Crippen molar-refractivity contribution < 1.29 is 19.6 Å². The zero-order chi connectivity index (χ0) is 16.0. The fraction of sp³-hybridized carbons (Fsp3) is 0.333. The lowest BCUT2D eigenvalue weighted by molar-refractivity contribution is -0.384. The number of rotatable bonds is 6. The first kappa shape index (κ1) is 16.9. The quantitative estimate of drug-likeness (QED) is 0.598. The van der Waals surface area contributed by atoms with Crippen molar-refractivity contribution in [1.29, 1.82) is 0 Å². The summed E-state index contributed by atoms with van der Waals surface area (Å²) in [6, 6.07) is 3.32. The Morgan fingerprint density at radius 2 is 2.14 bits per heavy atom. The van der Waals surface area contributed by atoms with Gasteiger partial charge in [0.15, 0.2) is 0 Å². The molecule has 114 valence electrons. The summed E-state index contributed by atoms with van der Waals surface area (Å²) in [4.78, 5) is 34.0. The van der Waals surface area contributed by atoms with E-state index in [2.05, 4.69) is 21.2 Å². The molecule has 1 rings (SSSR count). The van der Waals surface area contributed by atoms with Gasteiger partial charge in [0.1, 0.15) is 6.54 Å². The highest BCUT2D eigenvalue weighted by Gasteiger charge is 2.17. The summed E-state index contributed by atoms with van der Waals surface area (Å²) in [6.07, 6.45) is 0.613. The van der Waals surface area contributed by atoms with Gasteiger partial charge < -0.3 is 15.3 Å². The largest absolute Gasteiger partial charge is 0.480 e. The number of nitrogens with one attached hydrogen (secondary N) is 1. The Labute approximate surface area is 129 Å². The third kappa shape index (κ3) is 5.03. The maximum atomic E-state index is 12.0. The Balaban J connectivity index is 2.85. The smallest absolute Gasteiger partial charge is 0.323 e. The van der Waals surface area contributed by atoms with Gasteiger partial charge in [-0.1, -0.05) is 6.92 Å². The number of anilines is 1. The maximum Gasteiger partial charge on any atom is 0.323 e. The van der Waals surface area contributed by atoms with E-state index in [4.69, 9.17) is 5.11 Å². The Bertz CT molecular complexity index is 564. The molecule has 0 aliphatic carbocycles. The van der Waals surface area contributed by atoms with Gasteiger partial charge in [0.25, 0.3) is 5.69 Å². The molecule has 1 aromatic carbocycles. The normalized spacial score (nSPS) is 10.0. The van der Waals surface area contributed by atoms with Crippen molar-refractivity contribution in [2.45, 2.75) is 13.3 Å². The Kier molecular flexibility index (Phi) is 6.10. The minimum Gasteiger partial charge on any atom is -0.480 e. The lowest BCUT2D eigenvalue weighted by atomic mass is 10.3. The molecule has 0 aliphatic heterocycles. The van der Waals surface area contributed by atoms with E-state index in [-0.39, 0.29) is 5.69 Å². The number of carboxylic acids is 1. The number of aliphatic carboxylic acids is 1. The van der Waals surface area contributed by atoms with Crippen LogP contribution in [0.15, 0.2) is 22.7 Å². The molecule has 2 N–H and O–H groups in total. The lowest BCUT2D eigenvalue weighted by Gasteiger charge is -2.20. The van der Waals surface area contributed by atoms with E-state index in [1.54, 1.807) is 0 Å². The van der Waals surface area contributed by atoms with Crippen molar-refractivity contribution in [3.63, 3.8) is 0 Å². The van der Waals surface area contributed by atoms with E-state index in [1.807, 2.05) is 6.92 Å². The number of non-ortho nitro benzene ring substituents is 1. The number of hydrogen-bond acceptors (Lipinski definition) is 4.